The lowest BCUT2D eigenvalue weighted by molar-refractivity contribution is 0.0946. The fourth-order valence-corrected chi connectivity index (χ4v) is 2.93. The van der Waals surface area contributed by atoms with Crippen molar-refractivity contribution in [3.05, 3.63) is 71.3 Å². The predicted octanol–water partition coefficient (Wildman–Crippen LogP) is 2.81. The molecule has 0 spiro atoms. The molecule has 3 rings (SSSR count). The first kappa shape index (κ1) is 17.9. The average molecular weight is 351 g/mol. The Morgan fingerprint density at radius 2 is 2.00 bits per heavy atom. The number of rotatable bonds is 7. The van der Waals surface area contributed by atoms with Crippen LogP contribution < -0.4 is 5.32 Å². The second kappa shape index (κ2) is 7.99. The highest BCUT2D eigenvalue weighted by molar-refractivity contribution is 5.94. The summed E-state index contributed by atoms with van der Waals surface area (Å²) in [6.45, 7) is 8.27. The zero-order valence-corrected chi connectivity index (χ0v) is 15.5. The van der Waals surface area contributed by atoms with Crippen LogP contribution in [0.15, 0.2) is 48.8 Å². The van der Waals surface area contributed by atoms with Crippen molar-refractivity contribution < 1.29 is 4.79 Å². The van der Waals surface area contributed by atoms with Gasteiger partial charge in [-0.05, 0) is 49.6 Å². The van der Waals surface area contributed by atoms with Gasteiger partial charge in [-0.15, -0.1) is 0 Å². The van der Waals surface area contributed by atoms with Gasteiger partial charge in [0.2, 0.25) is 0 Å². The van der Waals surface area contributed by atoms with Crippen LogP contribution in [0.2, 0.25) is 0 Å². The molecule has 6 heteroatoms. The van der Waals surface area contributed by atoms with Crippen molar-refractivity contribution in [3.8, 4) is 0 Å². The van der Waals surface area contributed by atoms with Gasteiger partial charge in [-0.2, -0.15) is 10.2 Å². The Hall–Kier alpha value is -2.89. The molecule has 26 heavy (non-hydrogen) atoms. The fourth-order valence-electron chi connectivity index (χ4n) is 2.93. The number of nitrogens with zero attached hydrogens (tertiary/aromatic N) is 4. The lowest BCUT2D eigenvalue weighted by Gasteiger charge is -2.14. The highest BCUT2D eigenvalue weighted by Crippen LogP contribution is 2.08. The minimum absolute atomic E-state index is 0.0455. The minimum Gasteiger partial charge on any atom is -0.352 e. The number of benzene rings is 1. The van der Waals surface area contributed by atoms with E-state index in [2.05, 4.69) is 35.4 Å². The third-order valence-corrected chi connectivity index (χ3v) is 4.32. The maximum absolute atomic E-state index is 12.3. The Kier molecular flexibility index (Phi) is 5.51. The van der Waals surface area contributed by atoms with Gasteiger partial charge in [0.1, 0.15) is 0 Å². The summed E-state index contributed by atoms with van der Waals surface area (Å²) in [6, 6.07) is 11.6. The van der Waals surface area contributed by atoms with Gasteiger partial charge in [-0.1, -0.05) is 19.1 Å². The van der Waals surface area contributed by atoms with Gasteiger partial charge in [-0.3, -0.25) is 14.2 Å². The molecule has 1 amide bonds. The van der Waals surface area contributed by atoms with Crippen molar-refractivity contribution in [1.82, 2.24) is 24.9 Å². The van der Waals surface area contributed by atoms with Gasteiger partial charge < -0.3 is 5.32 Å². The summed E-state index contributed by atoms with van der Waals surface area (Å²) in [5, 5.41) is 11.7. The Labute approximate surface area is 153 Å². The highest BCUT2D eigenvalue weighted by atomic mass is 16.1. The van der Waals surface area contributed by atoms with Crippen molar-refractivity contribution in [2.75, 3.05) is 6.54 Å². The number of carbonyl (C=O) groups excluding carboxylic acids is 1. The summed E-state index contributed by atoms with van der Waals surface area (Å²) in [6.07, 6.45) is 3.68. The summed E-state index contributed by atoms with van der Waals surface area (Å²) in [7, 11) is 0. The lowest BCUT2D eigenvalue weighted by atomic mass is 10.1. The molecule has 3 aromatic rings. The van der Waals surface area contributed by atoms with Crippen LogP contribution in [-0.4, -0.2) is 32.0 Å². The second-order valence-corrected chi connectivity index (χ2v) is 6.82. The van der Waals surface area contributed by atoms with Crippen LogP contribution in [0, 0.1) is 19.8 Å². The van der Waals surface area contributed by atoms with Crippen molar-refractivity contribution in [2.24, 2.45) is 5.92 Å². The molecular formula is C20H25N5O. The van der Waals surface area contributed by atoms with Crippen LogP contribution in [0.3, 0.4) is 0 Å². The van der Waals surface area contributed by atoms with Gasteiger partial charge in [0, 0.05) is 36.7 Å². The minimum atomic E-state index is -0.0455. The molecular weight excluding hydrogens is 326 g/mol. The van der Waals surface area contributed by atoms with Gasteiger partial charge in [0.15, 0.2) is 0 Å². The molecule has 0 aliphatic carbocycles. The number of aryl methyl sites for hydroxylation is 2. The number of carbonyl (C=O) groups is 1. The van der Waals surface area contributed by atoms with E-state index < -0.39 is 0 Å². The summed E-state index contributed by atoms with van der Waals surface area (Å²) in [5.41, 5.74) is 3.96. The summed E-state index contributed by atoms with van der Waals surface area (Å²) >= 11 is 0. The third-order valence-electron chi connectivity index (χ3n) is 4.32. The van der Waals surface area contributed by atoms with Crippen molar-refractivity contribution in [1.29, 1.82) is 0 Å². The Morgan fingerprint density at radius 1 is 1.23 bits per heavy atom. The lowest BCUT2D eigenvalue weighted by Crippen LogP contribution is -2.30. The maximum atomic E-state index is 12.3. The Bertz CT molecular complexity index is 849. The molecule has 2 heterocycles. The number of amides is 1. The van der Waals surface area contributed by atoms with E-state index in [0.717, 1.165) is 23.5 Å². The van der Waals surface area contributed by atoms with Gasteiger partial charge in [0.05, 0.1) is 12.2 Å². The van der Waals surface area contributed by atoms with Crippen LogP contribution in [0.1, 0.15) is 34.2 Å². The second-order valence-electron chi connectivity index (χ2n) is 6.82. The molecule has 0 bridgehead atoms. The van der Waals surface area contributed by atoms with Crippen molar-refractivity contribution in [3.63, 3.8) is 0 Å². The van der Waals surface area contributed by atoms with E-state index in [1.165, 1.54) is 0 Å². The number of hydrogen-bond acceptors (Lipinski definition) is 3. The zero-order chi connectivity index (χ0) is 18.5. The topological polar surface area (TPSA) is 64.7 Å². The van der Waals surface area contributed by atoms with E-state index in [4.69, 9.17) is 0 Å². The maximum Gasteiger partial charge on any atom is 0.251 e. The van der Waals surface area contributed by atoms with E-state index in [0.29, 0.717) is 24.6 Å². The van der Waals surface area contributed by atoms with Gasteiger partial charge in [0.25, 0.3) is 5.91 Å². The predicted molar refractivity (Wildman–Crippen MR) is 101 cm³/mol. The molecule has 0 saturated carbocycles. The van der Waals surface area contributed by atoms with Crippen LogP contribution in [0.5, 0.6) is 0 Å². The number of aromatic nitrogens is 4. The molecule has 0 aliphatic rings. The Balaban J connectivity index is 1.50. The summed E-state index contributed by atoms with van der Waals surface area (Å²) in [5.74, 6) is 0.256. The number of hydrogen-bond donors (Lipinski definition) is 1. The molecule has 1 N–H and O–H groups in total. The highest BCUT2D eigenvalue weighted by Gasteiger charge is 2.10. The van der Waals surface area contributed by atoms with E-state index in [1.807, 2.05) is 52.8 Å². The number of nitrogens with one attached hydrogen (secondary N) is 1. The SMILES string of the molecule is Cc1cc(C)n(C[C@@H](C)CNC(=O)c2ccc(Cn3cccn3)cc2)n1. The van der Waals surface area contributed by atoms with E-state index in [-0.39, 0.29) is 5.91 Å². The molecule has 136 valence electrons. The molecule has 2 aromatic heterocycles. The first-order valence-electron chi connectivity index (χ1n) is 8.87. The van der Waals surface area contributed by atoms with Crippen molar-refractivity contribution >= 4 is 5.91 Å². The largest absolute Gasteiger partial charge is 0.352 e. The van der Waals surface area contributed by atoms with E-state index >= 15 is 0 Å². The van der Waals surface area contributed by atoms with Crippen LogP contribution in [-0.2, 0) is 13.1 Å². The molecule has 6 nitrogen and oxygen atoms in total. The quantitative estimate of drug-likeness (QED) is 0.712. The summed E-state index contributed by atoms with van der Waals surface area (Å²) in [4.78, 5) is 12.3. The van der Waals surface area contributed by atoms with E-state index in [9.17, 15) is 4.79 Å². The van der Waals surface area contributed by atoms with E-state index in [1.54, 1.807) is 6.20 Å². The smallest absolute Gasteiger partial charge is 0.251 e. The monoisotopic (exact) mass is 351 g/mol. The zero-order valence-electron chi connectivity index (χ0n) is 15.5. The Morgan fingerprint density at radius 3 is 2.62 bits per heavy atom. The molecule has 1 atom stereocenters. The van der Waals surface area contributed by atoms with Gasteiger partial charge >= 0.3 is 0 Å². The van der Waals surface area contributed by atoms with Crippen LogP contribution in [0.4, 0.5) is 0 Å². The molecule has 1 aromatic carbocycles. The van der Waals surface area contributed by atoms with Crippen molar-refractivity contribution in [2.45, 2.75) is 33.9 Å². The molecule has 0 fully saturated rings. The molecule has 0 unspecified atom stereocenters. The summed E-state index contributed by atoms with van der Waals surface area (Å²) < 4.78 is 3.85. The molecule has 0 aliphatic heterocycles. The standard InChI is InChI=1S/C20H25N5O/c1-15(13-25-17(3)11-16(2)23-25)12-21-20(26)19-7-5-18(6-8-19)14-24-10-4-9-22-24/h4-11,15H,12-14H2,1-3H3,(H,21,26)/t15-/m0/s1. The fraction of sp³-hybridized carbons (Fsp3) is 0.350. The normalized spacial score (nSPS) is 12.1. The van der Waals surface area contributed by atoms with Crippen LogP contribution >= 0.6 is 0 Å². The third kappa shape index (κ3) is 4.59. The first-order valence-corrected chi connectivity index (χ1v) is 8.87. The van der Waals surface area contributed by atoms with Gasteiger partial charge in [-0.25, -0.2) is 0 Å². The average Bonchev–Trinajstić information content (AvgIpc) is 3.23. The first-order chi connectivity index (χ1) is 12.5. The van der Waals surface area contributed by atoms with Crippen LogP contribution in [0.25, 0.3) is 0 Å². The molecule has 0 saturated heterocycles. The molecule has 0 radical (unpaired) electrons.